The van der Waals surface area contributed by atoms with Gasteiger partial charge in [-0.3, -0.25) is 0 Å². The lowest BCUT2D eigenvalue weighted by Crippen LogP contribution is -1.97. The number of fused-ring (bicyclic) bond motifs is 1. The van der Waals surface area contributed by atoms with Gasteiger partial charge in [0.2, 0.25) is 0 Å². The van der Waals surface area contributed by atoms with Gasteiger partial charge in [-0.2, -0.15) is 0 Å². The van der Waals surface area contributed by atoms with Crippen molar-refractivity contribution in [1.82, 2.24) is 5.16 Å². The van der Waals surface area contributed by atoms with Gasteiger partial charge >= 0.3 is 0 Å². The smallest absolute Gasteiger partial charge is 0.175 e. The van der Waals surface area contributed by atoms with Crippen LogP contribution in [-0.2, 0) is 0 Å². The number of hydrogen-bond donors (Lipinski definition) is 1. The Kier molecular flexibility index (Phi) is 2.25. The SMILES string of the molecule is Cc1ccc(-c2c(N)noc2C2CC3CC3C2)cc1. The average molecular weight is 254 g/mol. The van der Waals surface area contributed by atoms with Crippen LogP contribution in [0, 0.1) is 18.8 Å². The van der Waals surface area contributed by atoms with Crippen molar-refractivity contribution >= 4 is 5.82 Å². The Morgan fingerprint density at radius 3 is 2.47 bits per heavy atom. The summed E-state index contributed by atoms with van der Waals surface area (Å²) in [6.07, 6.45) is 3.91. The Balaban J connectivity index is 1.74. The molecule has 2 aliphatic carbocycles. The summed E-state index contributed by atoms with van der Waals surface area (Å²) >= 11 is 0. The van der Waals surface area contributed by atoms with Crippen molar-refractivity contribution in [3.63, 3.8) is 0 Å². The van der Waals surface area contributed by atoms with E-state index < -0.39 is 0 Å². The minimum atomic E-state index is 0.518. The predicted molar refractivity (Wildman–Crippen MR) is 74.7 cm³/mol. The molecule has 0 radical (unpaired) electrons. The molecule has 4 rings (SSSR count). The number of nitrogen functional groups attached to an aromatic ring is 1. The number of aryl methyl sites for hydroxylation is 1. The van der Waals surface area contributed by atoms with Crippen LogP contribution in [0.4, 0.5) is 5.82 Å². The van der Waals surface area contributed by atoms with Gasteiger partial charge in [0, 0.05) is 5.92 Å². The number of nitrogens with two attached hydrogens (primary N) is 1. The standard InChI is InChI=1S/C16H18N2O/c1-9-2-4-10(5-3-9)14-15(19-18-16(14)17)13-7-11-6-12(11)8-13/h2-5,11-13H,6-8H2,1H3,(H2,17,18). The molecule has 0 saturated heterocycles. The average Bonchev–Trinajstić information content (AvgIpc) is 2.84. The van der Waals surface area contributed by atoms with Crippen molar-refractivity contribution in [3.8, 4) is 11.1 Å². The van der Waals surface area contributed by atoms with E-state index in [0.717, 1.165) is 28.7 Å². The molecule has 2 N–H and O–H groups in total. The number of hydrogen-bond acceptors (Lipinski definition) is 3. The molecule has 2 fully saturated rings. The lowest BCUT2D eigenvalue weighted by molar-refractivity contribution is 0.356. The maximum atomic E-state index is 6.02. The summed E-state index contributed by atoms with van der Waals surface area (Å²) in [4.78, 5) is 0. The van der Waals surface area contributed by atoms with Gasteiger partial charge < -0.3 is 10.3 Å². The first-order valence-corrected chi connectivity index (χ1v) is 7.04. The molecule has 2 aliphatic rings. The molecule has 98 valence electrons. The highest BCUT2D eigenvalue weighted by atomic mass is 16.5. The number of rotatable bonds is 2. The lowest BCUT2D eigenvalue weighted by Gasteiger charge is -2.10. The highest BCUT2D eigenvalue weighted by Gasteiger charge is 2.48. The van der Waals surface area contributed by atoms with Gasteiger partial charge in [-0.05, 0) is 43.6 Å². The zero-order valence-corrected chi connectivity index (χ0v) is 11.1. The second-order valence-corrected chi connectivity index (χ2v) is 6.10. The molecule has 1 aromatic heterocycles. The first kappa shape index (κ1) is 11.1. The van der Waals surface area contributed by atoms with E-state index in [-0.39, 0.29) is 0 Å². The van der Waals surface area contributed by atoms with Gasteiger partial charge in [0.15, 0.2) is 5.82 Å². The van der Waals surface area contributed by atoms with Gasteiger partial charge in [0.25, 0.3) is 0 Å². The summed E-state index contributed by atoms with van der Waals surface area (Å²) in [5.41, 5.74) is 9.42. The zero-order valence-electron chi connectivity index (χ0n) is 11.1. The van der Waals surface area contributed by atoms with Crippen LogP contribution < -0.4 is 5.73 Å². The van der Waals surface area contributed by atoms with E-state index in [2.05, 4.69) is 36.3 Å². The minimum Gasteiger partial charge on any atom is -0.380 e. The van der Waals surface area contributed by atoms with Crippen LogP contribution in [0.15, 0.2) is 28.8 Å². The molecule has 3 heteroatoms. The summed E-state index contributed by atoms with van der Waals surface area (Å²) in [6, 6.07) is 8.43. The van der Waals surface area contributed by atoms with Crippen LogP contribution >= 0.6 is 0 Å². The van der Waals surface area contributed by atoms with Crippen molar-refractivity contribution in [3.05, 3.63) is 35.6 Å². The summed E-state index contributed by atoms with van der Waals surface area (Å²) in [7, 11) is 0. The van der Waals surface area contributed by atoms with Crippen molar-refractivity contribution in [2.45, 2.75) is 32.1 Å². The normalized spacial score (nSPS) is 28.4. The molecule has 0 spiro atoms. The molecule has 1 aromatic carbocycles. The van der Waals surface area contributed by atoms with E-state index in [4.69, 9.17) is 10.3 Å². The first-order valence-electron chi connectivity index (χ1n) is 7.04. The molecule has 0 aliphatic heterocycles. The van der Waals surface area contributed by atoms with Crippen LogP contribution in [0.3, 0.4) is 0 Å². The second kappa shape index (κ2) is 3.86. The molecule has 2 aromatic rings. The Hall–Kier alpha value is -1.77. The Morgan fingerprint density at radius 2 is 1.79 bits per heavy atom. The second-order valence-electron chi connectivity index (χ2n) is 6.10. The first-order chi connectivity index (χ1) is 9.22. The summed E-state index contributed by atoms with van der Waals surface area (Å²) in [6.45, 7) is 2.09. The summed E-state index contributed by atoms with van der Waals surface area (Å²) in [5, 5.41) is 4.00. The maximum absolute atomic E-state index is 6.02. The van der Waals surface area contributed by atoms with Crippen LogP contribution in [0.2, 0.25) is 0 Å². The van der Waals surface area contributed by atoms with Gasteiger partial charge in [0.1, 0.15) is 5.76 Å². The largest absolute Gasteiger partial charge is 0.380 e. The van der Waals surface area contributed by atoms with Gasteiger partial charge in [0.05, 0.1) is 5.56 Å². The molecule has 1 heterocycles. The third kappa shape index (κ3) is 1.76. The van der Waals surface area contributed by atoms with Crippen molar-refractivity contribution < 1.29 is 4.52 Å². The van der Waals surface area contributed by atoms with Crippen molar-refractivity contribution in [1.29, 1.82) is 0 Å². The topological polar surface area (TPSA) is 52.0 Å². The van der Waals surface area contributed by atoms with Gasteiger partial charge in [-0.25, -0.2) is 0 Å². The third-order valence-electron chi connectivity index (χ3n) is 4.70. The van der Waals surface area contributed by atoms with Crippen LogP contribution in [0.1, 0.15) is 36.5 Å². The highest BCUT2D eigenvalue weighted by Crippen LogP contribution is 2.58. The van der Waals surface area contributed by atoms with Crippen molar-refractivity contribution in [2.24, 2.45) is 11.8 Å². The number of benzene rings is 1. The lowest BCUT2D eigenvalue weighted by atomic mass is 9.93. The van der Waals surface area contributed by atoms with Gasteiger partial charge in [-0.1, -0.05) is 35.0 Å². The van der Waals surface area contributed by atoms with E-state index in [1.807, 2.05) is 0 Å². The fraction of sp³-hybridized carbons (Fsp3) is 0.438. The monoisotopic (exact) mass is 254 g/mol. The fourth-order valence-electron chi connectivity index (χ4n) is 3.53. The van der Waals surface area contributed by atoms with Crippen molar-refractivity contribution in [2.75, 3.05) is 5.73 Å². The van der Waals surface area contributed by atoms with E-state index in [1.54, 1.807) is 0 Å². The van der Waals surface area contributed by atoms with Crippen LogP contribution in [0.5, 0.6) is 0 Å². The molecular formula is C16H18N2O. The summed E-state index contributed by atoms with van der Waals surface area (Å²) < 4.78 is 5.56. The molecule has 19 heavy (non-hydrogen) atoms. The fourth-order valence-corrected chi connectivity index (χ4v) is 3.53. The summed E-state index contributed by atoms with van der Waals surface area (Å²) in [5.74, 6) is 3.92. The predicted octanol–water partition coefficient (Wildman–Crippen LogP) is 3.75. The number of anilines is 1. The van der Waals surface area contributed by atoms with Crippen LogP contribution in [0.25, 0.3) is 11.1 Å². The molecule has 0 bridgehead atoms. The Morgan fingerprint density at radius 1 is 1.11 bits per heavy atom. The molecule has 2 saturated carbocycles. The van der Waals surface area contributed by atoms with E-state index in [9.17, 15) is 0 Å². The van der Waals surface area contributed by atoms with Gasteiger partial charge in [-0.15, -0.1) is 0 Å². The Labute approximate surface area is 112 Å². The van der Waals surface area contributed by atoms with E-state index in [1.165, 1.54) is 24.8 Å². The molecular weight excluding hydrogens is 236 g/mol. The maximum Gasteiger partial charge on any atom is 0.175 e. The molecule has 2 unspecified atom stereocenters. The Bertz CT molecular complexity index is 604. The number of aromatic nitrogens is 1. The number of nitrogens with zero attached hydrogens (tertiary/aromatic N) is 1. The quantitative estimate of drug-likeness (QED) is 0.888. The molecule has 2 atom stereocenters. The van der Waals surface area contributed by atoms with E-state index in [0.29, 0.717) is 11.7 Å². The van der Waals surface area contributed by atoms with E-state index >= 15 is 0 Å². The molecule has 0 amide bonds. The van der Waals surface area contributed by atoms with Crippen LogP contribution in [-0.4, -0.2) is 5.16 Å². The highest BCUT2D eigenvalue weighted by molar-refractivity contribution is 5.76. The third-order valence-corrected chi connectivity index (χ3v) is 4.70. The minimum absolute atomic E-state index is 0.518. The molecule has 3 nitrogen and oxygen atoms in total. The zero-order chi connectivity index (χ0) is 13.0.